The molecule has 1 N–H and O–H groups in total. The molecular weight excluding hydrogens is 358 g/mol. The summed E-state index contributed by atoms with van der Waals surface area (Å²) in [4.78, 5) is 27.1. The summed E-state index contributed by atoms with van der Waals surface area (Å²) in [7, 11) is 0. The molecule has 1 aliphatic rings. The molecule has 1 aliphatic heterocycles. The first-order valence-electron chi connectivity index (χ1n) is 8.17. The number of halogens is 1. The predicted octanol–water partition coefficient (Wildman–Crippen LogP) is 2.80. The minimum Gasteiger partial charge on any atom is -0.507 e. The van der Waals surface area contributed by atoms with Crippen LogP contribution in [-0.2, 0) is 14.3 Å². The highest BCUT2D eigenvalue weighted by Gasteiger charge is 2.31. The second-order valence-corrected chi connectivity index (χ2v) is 6.23. The molecular formula is C19H18ClNO5. The molecule has 1 fully saturated rings. The number of nitrogens with zero attached hydrogens (tertiary/aromatic N) is 1. The predicted molar refractivity (Wildman–Crippen MR) is 95.1 cm³/mol. The van der Waals surface area contributed by atoms with Gasteiger partial charge in [-0.15, -0.1) is 0 Å². The maximum absolute atomic E-state index is 12.9. The number of hydrogen-bond acceptors (Lipinski definition) is 5. The van der Waals surface area contributed by atoms with E-state index in [1.807, 2.05) is 6.07 Å². The van der Waals surface area contributed by atoms with Gasteiger partial charge in [0.05, 0.1) is 13.2 Å². The summed E-state index contributed by atoms with van der Waals surface area (Å²) in [6, 6.07) is 12.8. The normalized spacial score (nSPS) is 15.3. The highest BCUT2D eigenvalue weighted by atomic mass is 35.5. The number of carbonyl (C=O) groups is 2. The third-order valence-corrected chi connectivity index (χ3v) is 4.29. The van der Waals surface area contributed by atoms with Crippen LogP contribution >= 0.6 is 11.6 Å². The maximum atomic E-state index is 12.9. The van der Waals surface area contributed by atoms with E-state index in [1.165, 1.54) is 18.2 Å². The van der Waals surface area contributed by atoms with Crippen molar-refractivity contribution in [3.8, 4) is 5.75 Å². The van der Waals surface area contributed by atoms with E-state index in [2.05, 4.69) is 0 Å². The van der Waals surface area contributed by atoms with Gasteiger partial charge in [-0.2, -0.15) is 0 Å². The van der Waals surface area contributed by atoms with Crippen molar-refractivity contribution in [1.29, 1.82) is 0 Å². The number of hydrogen-bond donors (Lipinski definition) is 1. The molecule has 0 unspecified atom stereocenters. The monoisotopic (exact) mass is 375 g/mol. The van der Waals surface area contributed by atoms with Gasteiger partial charge >= 0.3 is 5.97 Å². The van der Waals surface area contributed by atoms with Crippen molar-refractivity contribution in [3.05, 3.63) is 64.7 Å². The Kier molecular flexibility index (Phi) is 5.75. The molecule has 0 bridgehead atoms. The van der Waals surface area contributed by atoms with E-state index in [1.54, 1.807) is 29.2 Å². The fourth-order valence-electron chi connectivity index (χ4n) is 2.68. The number of rotatable bonds is 4. The summed E-state index contributed by atoms with van der Waals surface area (Å²) >= 11 is 5.89. The van der Waals surface area contributed by atoms with Crippen LogP contribution in [0.5, 0.6) is 5.75 Å². The summed E-state index contributed by atoms with van der Waals surface area (Å²) < 4.78 is 10.7. The van der Waals surface area contributed by atoms with Crippen molar-refractivity contribution in [2.45, 2.75) is 6.10 Å². The van der Waals surface area contributed by atoms with E-state index in [4.69, 9.17) is 21.1 Å². The summed E-state index contributed by atoms with van der Waals surface area (Å²) in [6.45, 7) is 1.75. The van der Waals surface area contributed by atoms with Gasteiger partial charge in [0.1, 0.15) is 11.3 Å². The van der Waals surface area contributed by atoms with Crippen LogP contribution in [0.2, 0.25) is 5.02 Å². The van der Waals surface area contributed by atoms with Crippen molar-refractivity contribution in [2.75, 3.05) is 26.3 Å². The summed E-state index contributed by atoms with van der Waals surface area (Å²) in [5, 5.41) is 10.2. The van der Waals surface area contributed by atoms with E-state index in [9.17, 15) is 14.7 Å². The number of ether oxygens (including phenoxy) is 2. The first-order valence-corrected chi connectivity index (χ1v) is 8.55. The van der Waals surface area contributed by atoms with E-state index >= 15 is 0 Å². The molecule has 2 aromatic rings. The summed E-state index contributed by atoms with van der Waals surface area (Å²) in [5.74, 6) is -1.40. The average molecular weight is 376 g/mol. The highest BCUT2D eigenvalue weighted by molar-refractivity contribution is 6.31. The Hall–Kier alpha value is -2.57. The first kappa shape index (κ1) is 18.2. The van der Waals surface area contributed by atoms with Gasteiger partial charge in [-0.25, -0.2) is 4.79 Å². The second kappa shape index (κ2) is 8.21. The fourth-order valence-corrected chi connectivity index (χ4v) is 2.85. The number of esters is 1. The molecule has 1 heterocycles. The maximum Gasteiger partial charge on any atom is 0.343 e. The van der Waals surface area contributed by atoms with Crippen LogP contribution < -0.4 is 0 Å². The van der Waals surface area contributed by atoms with Gasteiger partial charge in [-0.3, -0.25) is 4.79 Å². The van der Waals surface area contributed by atoms with Crippen LogP contribution in [0, 0.1) is 0 Å². The lowest BCUT2D eigenvalue weighted by molar-refractivity contribution is -0.145. The molecule has 1 atom stereocenters. The van der Waals surface area contributed by atoms with Gasteiger partial charge in [0.2, 0.25) is 6.10 Å². The SMILES string of the molecule is O=C(O[C@@H](C(=O)N1CCOCC1)c1ccccc1)c1cc(Cl)ccc1O. The van der Waals surface area contributed by atoms with E-state index < -0.39 is 12.1 Å². The molecule has 0 radical (unpaired) electrons. The fraction of sp³-hybridized carbons (Fsp3) is 0.263. The largest absolute Gasteiger partial charge is 0.507 e. The minimum absolute atomic E-state index is 0.0896. The van der Waals surface area contributed by atoms with Gasteiger partial charge < -0.3 is 19.5 Å². The zero-order valence-corrected chi connectivity index (χ0v) is 14.7. The number of morpholine rings is 1. The number of aromatic hydroxyl groups is 1. The molecule has 7 heteroatoms. The molecule has 1 amide bonds. The van der Waals surface area contributed by atoms with Crippen LogP contribution in [0.25, 0.3) is 0 Å². The van der Waals surface area contributed by atoms with Crippen LogP contribution in [0.4, 0.5) is 0 Å². The third-order valence-electron chi connectivity index (χ3n) is 4.05. The standard InChI is InChI=1S/C19H18ClNO5/c20-14-6-7-16(22)15(12-14)19(24)26-17(13-4-2-1-3-5-13)18(23)21-8-10-25-11-9-21/h1-7,12,17,22H,8-11H2/t17-/m1/s1. The van der Waals surface area contributed by atoms with Gasteiger partial charge in [0, 0.05) is 23.7 Å². The van der Waals surface area contributed by atoms with Crippen molar-refractivity contribution >= 4 is 23.5 Å². The van der Waals surface area contributed by atoms with Gasteiger partial charge in [0.15, 0.2) is 0 Å². The van der Waals surface area contributed by atoms with E-state index in [-0.39, 0.29) is 22.2 Å². The zero-order chi connectivity index (χ0) is 18.5. The number of carbonyl (C=O) groups excluding carboxylic acids is 2. The van der Waals surface area contributed by atoms with Crippen LogP contribution in [-0.4, -0.2) is 48.2 Å². The van der Waals surface area contributed by atoms with Crippen molar-refractivity contribution in [1.82, 2.24) is 4.90 Å². The Morgan fingerprint density at radius 3 is 2.50 bits per heavy atom. The molecule has 0 aromatic heterocycles. The average Bonchev–Trinajstić information content (AvgIpc) is 2.68. The quantitative estimate of drug-likeness (QED) is 0.831. The lowest BCUT2D eigenvalue weighted by Crippen LogP contribution is -2.44. The zero-order valence-electron chi connectivity index (χ0n) is 13.9. The van der Waals surface area contributed by atoms with E-state index in [0.717, 1.165) is 0 Å². The van der Waals surface area contributed by atoms with Crippen LogP contribution in [0.15, 0.2) is 48.5 Å². The lowest BCUT2D eigenvalue weighted by atomic mass is 10.1. The molecule has 26 heavy (non-hydrogen) atoms. The second-order valence-electron chi connectivity index (χ2n) is 5.80. The Morgan fingerprint density at radius 1 is 1.12 bits per heavy atom. The van der Waals surface area contributed by atoms with Gasteiger partial charge in [-0.05, 0) is 18.2 Å². The number of phenols is 1. The van der Waals surface area contributed by atoms with Crippen molar-refractivity contribution in [2.24, 2.45) is 0 Å². The number of amides is 1. The van der Waals surface area contributed by atoms with Crippen LogP contribution in [0.1, 0.15) is 22.0 Å². The smallest absolute Gasteiger partial charge is 0.343 e. The molecule has 0 aliphatic carbocycles. The Labute approximate surface area is 155 Å². The highest BCUT2D eigenvalue weighted by Crippen LogP contribution is 2.27. The molecule has 2 aromatic carbocycles. The van der Waals surface area contributed by atoms with Crippen molar-refractivity contribution in [3.63, 3.8) is 0 Å². The molecule has 136 valence electrons. The van der Waals surface area contributed by atoms with Crippen molar-refractivity contribution < 1.29 is 24.2 Å². The molecule has 1 saturated heterocycles. The van der Waals surface area contributed by atoms with Gasteiger partial charge in [0.25, 0.3) is 5.91 Å². The molecule has 0 saturated carbocycles. The molecule has 3 rings (SSSR count). The Morgan fingerprint density at radius 2 is 1.81 bits per heavy atom. The van der Waals surface area contributed by atoms with E-state index in [0.29, 0.717) is 31.9 Å². The van der Waals surface area contributed by atoms with Crippen LogP contribution in [0.3, 0.4) is 0 Å². The topological polar surface area (TPSA) is 76.1 Å². The Balaban J connectivity index is 1.87. The summed E-state index contributed by atoms with van der Waals surface area (Å²) in [5.41, 5.74) is 0.465. The number of benzene rings is 2. The molecule has 0 spiro atoms. The third kappa shape index (κ3) is 4.15. The Bertz CT molecular complexity index is 790. The van der Waals surface area contributed by atoms with Gasteiger partial charge in [-0.1, -0.05) is 41.9 Å². The summed E-state index contributed by atoms with van der Waals surface area (Å²) in [6.07, 6.45) is -1.11. The minimum atomic E-state index is -1.11. The molecule has 6 nitrogen and oxygen atoms in total. The number of phenolic OH excluding ortho intramolecular Hbond substituents is 1. The lowest BCUT2D eigenvalue weighted by Gasteiger charge is -2.30. The first-order chi connectivity index (χ1) is 12.6.